The highest BCUT2D eigenvalue weighted by molar-refractivity contribution is 5.85. The average molecular weight is 511 g/mol. The minimum atomic E-state index is -5.15. The Hall–Kier alpha value is -1.85. The number of halogens is 5. The zero-order valence-electron chi connectivity index (χ0n) is 21.3. The van der Waals surface area contributed by atoms with Gasteiger partial charge in [-0.3, -0.25) is 0 Å². The van der Waals surface area contributed by atoms with Gasteiger partial charge >= 0.3 is 6.36 Å². The van der Waals surface area contributed by atoms with Gasteiger partial charge in [0.15, 0.2) is 11.6 Å². The van der Waals surface area contributed by atoms with Gasteiger partial charge in [-0.2, -0.15) is 0 Å². The van der Waals surface area contributed by atoms with Crippen LogP contribution in [-0.4, -0.2) is 6.36 Å². The number of alkyl halides is 3. The molecule has 2 aromatic carbocycles. The fraction of sp³-hybridized carbons (Fsp3) is 0.667. The first-order chi connectivity index (χ1) is 17.2. The minimum absolute atomic E-state index is 0.0695. The first-order valence-electron chi connectivity index (χ1n) is 13.9. The van der Waals surface area contributed by atoms with Gasteiger partial charge in [0.25, 0.3) is 0 Å². The second-order valence-electron chi connectivity index (χ2n) is 11.2. The third-order valence-electron chi connectivity index (χ3n) is 8.78. The van der Waals surface area contributed by atoms with E-state index in [1.807, 2.05) is 0 Å². The number of ether oxygens (including phenoxy) is 1. The van der Waals surface area contributed by atoms with Gasteiger partial charge in [-0.1, -0.05) is 76.5 Å². The number of rotatable bonds is 9. The van der Waals surface area contributed by atoms with Crippen molar-refractivity contribution in [3.05, 3.63) is 41.5 Å². The van der Waals surface area contributed by atoms with Gasteiger partial charge in [-0.05, 0) is 79.2 Å². The fourth-order valence-electron chi connectivity index (χ4n) is 6.68. The van der Waals surface area contributed by atoms with E-state index in [2.05, 4.69) is 11.7 Å². The maximum Gasteiger partial charge on any atom is 0.573 e. The van der Waals surface area contributed by atoms with Crippen LogP contribution in [0.25, 0.3) is 10.8 Å². The first-order valence-corrected chi connectivity index (χ1v) is 13.9. The molecule has 200 valence electrons. The van der Waals surface area contributed by atoms with Crippen molar-refractivity contribution in [3.63, 3.8) is 0 Å². The summed E-state index contributed by atoms with van der Waals surface area (Å²) in [7, 11) is 0. The molecule has 0 spiro atoms. The Morgan fingerprint density at radius 1 is 0.806 bits per heavy atom. The van der Waals surface area contributed by atoms with Crippen LogP contribution in [0.1, 0.15) is 96.0 Å². The molecule has 0 saturated heterocycles. The molecule has 36 heavy (non-hydrogen) atoms. The Morgan fingerprint density at radius 2 is 1.42 bits per heavy atom. The normalized spacial score (nSPS) is 25.3. The lowest BCUT2D eigenvalue weighted by Crippen LogP contribution is -2.26. The van der Waals surface area contributed by atoms with Crippen molar-refractivity contribution in [1.29, 1.82) is 0 Å². The third kappa shape index (κ3) is 7.13. The summed E-state index contributed by atoms with van der Waals surface area (Å²) in [6, 6.07) is 5.76. The molecule has 6 heteroatoms. The summed E-state index contributed by atoms with van der Waals surface area (Å²) in [6.45, 7) is 2.27. The van der Waals surface area contributed by atoms with Crippen molar-refractivity contribution in [2.75, 3.05) is 0 Å². The van der Waals surface area contributed by atoms with Crippen molar-refractivity contribution in [1.82, 2.24) is 0 Å². The molecule has 0 aromatic heterocycles. The molecule has 0 unspecified atom stereocenters. The van der Waals surface area contributed by atoms with Crippen molar-refractivity contribution in [2.24, 2.45) is 23.7 Å². The highest BCUT2D eigenvalue weighted by atomic mass is 19.4. The second-order valence-corrected chi connectivity index (χ2v) is 11.2. The maximum atomic E-state index is 14.5. The standard InChI is InChI=1S/C30H39F5O/c1-2-3-4-5-20-8-13-23(14-9-20)24-15-10-21(11-16-24)6-7-22-12-17-26-25(18-22)19-27(31)29(28(26)32)36-30(33,34)35/h12,17-21,23-24H,2-11,13-16H2,1H3. The molecule has 0 radical (unpaired) electrons. The first kappa shape index (κ1) is 27.2. The Balaban J connectivity index is 1.25. The predicted molar refractivity (Wildman–Crippen MR) is 134 cm³/mol. The number of hydrogen-bond donors (Lipinski definition) is 0. The molecule has 0 atom stereocenters. The fourth-order valence-corrected chi connectivity index (χ4v) is 6.68. The van der Waals surface area contributed by atoms with Crippen LogP contribution in [0.15, 0.2) is 24.3 Å². The summed E-state index contributed by atoms with van der Waals surface area (Å²) in [4.78, 5) is 0. The molecule has 2 aliphatic rings. The Labute approximate surface area is 211 Å². The Morgan fingerprint density at radius 3 is 2.00 bits per heavy atom. The third-order valence-corrected chi connectivity index (χ3v) is 8.78. The Kier molecular flexibility index (Phi) is 9.16. The average Bonchev–Trinajstić information content (AvgIpc) is 2.85. The molecule has 0 aliphatic heterocycles. The van der Waals surface area contributed by atoms with Crippen LogP contribution in [0.4, 0.5) is 22.0 Å². The molecule has 2 fully saturated rings. The van der Waals surface area contributed by atoms with Gasteiger partial charge in [0.05, 0.1) is 0 Å². The Bertz CT molecular complexity index is 985. The van der Waals surface area contributed by atoms with Crippen LogP contribution in [0.5, 0.6) is 5.75 Å². The van der Waals surface area contributed by atoms with Gasteiger partial charge in [-0.15, -0.1) is 13.2 Å². The van der Waals surface area contributed by atoms with Crippen molar-refractivity contribution in [3.8, 4) is 5.75 Å². The van der Waals surface area contributed by atoms with Crippen molar-refractivity contribution < 1.29 is 26.7 Å². The van der Waals surface area contributed by atoms with Crippen LogP contribution in [-0.2, 0) is 6.42 Å². The van der Waals surface area contributed by atoms with Gasteiger partial charge in [-0.25, -0.2) is 8.78 Å². The molecule has 4 rings (SSSR count). The second kappa shape index (κ2) is 12.1. The summed E-state index contributed by atoms with van der Waals surface area (Å²) < 4.78 is 69.6. The summed E-state index contributed by atoms with van der Waals surface area (Å²) in [5.74, 6) is -0.660. The number of benzene rings is 2. The van der Waals surface area contributed by atoms with Crippen molar-refractivity contribution in [2.45, 2.75) is 103 Å². The molecule has 1 nitrogen and oxygen atoms in total. The van der Waals surface area contributed by atoms with E-state index < -0.39 is 23.7 Å². The molecular formula is C30H39F5O. The molecular weight excluding hydrogens is 471 g/mol. The lowest BCUT2D eigenvalue weighted by atomic mass is 9.68. The largest absolute Gasteiger partial charge is 0.573 e. The molecule has 2 aromatic rings. The smallest absolute Gasteiger partial charge is 0.399 e. The molecule has 0 amide bonds. The number of fused-ring (bicyclic) bond motifs is 1. The molecule has 2 aliphatic carbocycles. The summed E-state index contributed by atoms with van der Waals surface area (Å²) >= 11 is 0. The monoisotopic (exact) mass is 510 g/mol. The van der Waals surface area contributed by atoms with Gasteiger partial charge in [0, 0.05) is 5.39 Å². The van der Waals surface area contributed by atoms with E-state index in [1.54, 1.807) is 12.1 Å². The molecule has 0 heterocycles. The van der Waals surface area contributed by atoms with E-state index in [4.69, 9.17) is 0 Å². The highest BCUT2D eigenvalue weighted by Gasteiger charge is 2.35. The number of hydrogen-bond acceptors (Lipinski definition) is 1. The molecule has 0 N–H and O–H groups in total. The lowest BCUT2D eigenvalue weighted by molar-refractivity contribution is -0.276. The molecule has 0 bridgehead atoms. The summed E-state index contributed by atoms with van der Waals surface area (Å²) in [5, 5.41) is 0.186. The highest BCUT2D eigenvalue weighted by Crippen LogP contribution is 2.43. The summed E-state index contributed by atoms with van der Waals surface area (Å²) in [6.07, 6.45) is 12.9. The quantitative estimate of drug-likeness (QED) is 0.241. The predicted octanol–water partition coefficient (Wildman–Crippen LogP) is 10.1. The van der Waals surface area contributed by atoms with E-state index in [9.17, 15) is 22.0 Å². The zero-order valence-corrected chi connectivity index (χ0v) is 21.3. The number of aryl methyl sites for hydroxylation is 1. The maximum absolute atomic E-state index is 14.5. The lowest BCUT2D eigenvalue weighted by Gasteiger charge is -2.38. The molecule has 2 saturated carbocycles. The van der Waals surface area contributed by atoms with Gasteiger partial charge in [0.2, 0.25) is 5.75 Å². The SMILES string of the molecule is CCCCCC1CCC(C2CCC(CCc3ccc4c(F)c(OC(F)(F)F)c(F)cc4c3)CC2)CC1. The number of unbranched alkanes of at least 4 members (excludes halogenated alkanes) is 2. The van der Waals surface area contributed by atoms with Gasteiger partial charge < -0.3 is 4.74 Å². The minimum Gasteiger partial charge on any atom is -0.399 e. The zero-order chi connectivity index (χ0) is 25.7. The van der Waals surface area contributed by atoms with Crippen LogP contribution in [0.3, 0.4) is 0 Å². The topological polar surface area (TPSA) is 9.23 Å². The van der Waals surface area contributed by atoms with E-state index >= 15 is 0 Å². The van der Waals surface area contributed by atoms with E-state index in [-0.39, 0.29) is 10.8 Å². The van der Waals surface area contributed by atoms with E-state index in [0.29, 0.717) is 5.92 Å². The van der Waals surface area contributed by atoms with Crippen LogP contribution in [0, 0.1) is 35.3 Å². The van der Waals surface area contributed by atoms with Crippen molar-refractivity contribution >= 4 is 10.8 Å². The van der Waals surface area contributed by atoms with Crippen LogP contribution < -0.4 is 4.74 Å². The van der Waals surface area contributed by atoms with Gasteiger partial charge in [0.1, 0.15) is 0 Å². The van der Waals surface area contributed by atoms with E-state index in [0.717, 1.165) is 42.2 Å². The van der Waals surface area contributed by atoms with Crippen LogP contribution >= 0.6 is 0 Å². The van der Waals surface area contributed by atoms with Crippen LogP contribution in [0.2, 0.25) is 0 Å². The summed E-state index contributed by atoms with van der Waals surface area (Å²) in [5.41, 5.74) is 0.953. The van der Waals surface area contributed by atoms with E-state index in [1.165, 1.54) is 83.1 Å².